The molecule has 4 rings (SSSR count). The molecule has 0 bridgehead atoms. The number of hydrogen-bond acceptors (Lipinski definition) is 4. The van der Waals surface area contributed by atoms with Crippen LogP contribution in [-0.4, -0.2) is 36.9 Å². The van der Waals surface area contributed by atoms with E-state index in [0.29, 0.717) is 35.3 Å². The molecule has 30 heavy (non-hydrogen) atoms. The summed E-state index contributed by atoms with van der Waals surface area (Å²) in [6.45, 7) is 0.915. The molecule has 2 heterocycles. The molecule has 1 N–H and O–H groups in total. The Balaban J connectivity index is 1.39. The van der Waals surface area contributed by atoms with Crippen LogP contribution in [0.5, 0.6) is 0 Å². The maximum Gasteiger partial charge on any atom is 0.303 e. The van der Waals surface area contributed by atoms with Gasteiger partial charge in [0.2, 0.25) is 0 Å². The normalized spacial score (nSPS) is 12.8. The predicted octanol–water partition coefficient (Wildman–Crippen LogP) is 2.78. The van der Waals surface area contributed by atoms with Crippen LogP contribution in [0.3, 0.4) is 0 Å². The van der Waals surface area contributed by atoms with Crippen molar-refractivity contribution in [2.75, 3.05) is 0 Å². The molecule has 0 fully saturated rings. The summed E-state index contributed by atoms with van der Waals surface area (Å²) in [6.07, 6.45) is 2.01. The van der Waals surface area contributed by atoms with Gasteiger partial charge < -0.3 is 10.0 Å². The molecule has 1 aliphatic rings. The van der Waals surface area contributed by atoms with Crippen molar-refractivity contribution in [1.82, 2.24) is 19.9 Å². The third-order valence-corrected chi connectivity index (χ3v) is 4.98. The van der Waals surface area contributed by atoms with Crippen LogP contribution in [0.1, 0.15) is 39.2 Å². The lowest BCUT2D eigenvalue weighted by Crippen LogP contribution is -2.25. The van der Waals surface area contributed by atoms with Crippen LogP contribution in [0.15, 0.2) is 42.6 Å². The summed E-state index contributed by atoms with van der Waals surface area (Å²) in [5, 5.41) is 16.7. The minimum atomic E-state index is -0.911. The molecule has 0 saturated heterocycles. The van der Waals surface area contributed by atoms with Crippen LogP contribution in [0.4, 0.5) is 8.78 Å². The van der Waals surface area contributed by atoms with Gasteiger partial charge in [0.25, 0.3) is 5.91 Å². The van der Waals surface area contributed by atoms with Gasteiger partial charge in [0, 0.05) is 31.3 Å². The van der Waals surface area contributed by atoms with E-state index in [9.17, 15) is 18.4 Å². The molecule has 0 saturated carbocycles. The van der Waals surface area contributed by atoms with E-state index in [0.717, 1.165) is 17.7 Å². The highest BCUT2D eigenvalue weighted by Gasteiger charge is 2.26. The summed E-state index contributed by atoms with van der Waals surface area (Å²) in [4.78, 5) is 24.9. The fraction of sp³-hybridized carbons (Fsp3) is 0.238. The molecule has 0 aliphatic carbocycles. The van der Waals surface area contributed by atoms with E-state index < -0.39 is 17.6 Å². The average molecular weight is 412 g/mol. The van der Waals surface area contributed by atoms with E-state index in [1.54, 1.807) is 40.0 Å². The number of rotatable bonds is 6. The van der Waals surface area contributed by atoms with Gasteiger partial charge in [-0.1, -0.05) is 17.3 Å². The smallest absolute Gasteiger partial charge is 0.303 e. The fourth-order valence-corrected chi connectivity index (χ4v) is 3.42. The van der Waals surface area contributed by atoms with Crippen molar-refractivity contribution in [3.63, 3.8) is 0 Å². The number of carbonyl (C=O) groups excluding carboxylic acids is 1. The number of hydrogen-bond donors (Lipinski definition) is 1. The van der Waals surface area contributed by atoms with E-state index >= 15 is 0 Å². The molecule has 0 spiro atoms. The number of aromatic nitrogens is 3. The van der Waals surface area contributed by atoms with E-state index in [2.05, 4.69) is 10.3 Å². The molecule has 2 aromatic carbocycles. The number of carboxylic acid groups (broad SMARTS) is 1. The van der Waals surface area contributed by atoms with Gasteiger partial charge in [0.05, 0.1) is 18.7 Å². The standard InChI is InChI=1S/C21H18F2N4O3/c22-18-7-15-10-26(11-16(15)8-19(18)23)21(30)14-3-1-13(2-4-14)9-27-12-17(24-25-27)5-6-20(28)29/h1-4,7-8,12H,5-6,9-11H2,(H,28,29). The highest BCUT2D eigenvalue weighted by Crippen LogP contribution is 2.26. The molecule has 1 aromatic heterocycles. The van der Waals surface area contributed by atoms with Crippen molar-refractivity contribution >= 4 is 11.9 Å². The topological polar surface area (TPSA) is 88.3 Å². The molecule has 0 unspecified atom stereocenters. The number of halogens is 2. The Morgan fingerprint density at radius 1 is 1.03 bits per heavy atom. The Kier molecular flexibility index (Phi) is 5.26. The Bertz CT molecular complexity index is 1080. The lowest BCUT2D eigenvalue weighted by Gasteiger charge is -2.15. The first-order valence-electron chi connectivity index (χ1n) is 9.35. The van der Waals surface area contributed by atoms with Crippen molar-refractivity contribution in [1.29, 1.82) is 0 Å². The quantitative estimate of drug-likeness (QED) is 0.673. The third-order valence-electron chi connectivity index (χ3n) is 4.98. The van der Waals surface area contributed by atoms with Gasteiger partial charge in [0.15, 0.2) is 11.6 Å². The number of nitrogens with zero attached hydrogens (tertiary/aromatic N) is 4. The number of carboxylic acids is 1. The molecule has 0 radical (unpaired) electrons. The maximum atomic E-state index is 13.4. The molecule has 1 amide bonds. The van der Waals surface area contributed by atoms with Crippen molar-refractivity contribution in [2.24, 2.45) is 0 Å². The zero-order chi connectivity index (χ0) is 21.3. The second-order valence-electron chi connectivity index (χ2n) is 7.19. The fourth-order valence-electron chi connectivity index (χ4n) is 3.42. The zero-order valence-corrected chi connectivity index (χ0v) is 15.9. The second kappa shape index (κ2) is 8.02. The molecule has 7 nitrogen and oxygen atoms in total. The molecular weight excluding hydrogens is 394 g/mol. The molecular formula is C21H18F2N4O3. The van der Waals surface area contributed by atoms with Crippen molar-refractivity contribution in [3.05, 3.63) is 82.2 Å². The van der Waals surface area contributed by atoms with E-state index in [-0.39, 0.29) is 25.4 Å². The van der Waals surface area contributed by atoms with Gasteiger partial charge in [-0.05, 0) is 41.0 Å². The number of aliphatic carboxylic acids is 1. The van der Waals surface area contributed by atoms with Crippen LogP contribution in [0, 0.1) is 11.6 Å². The van der Waals surface area contributed by atoms with E-state index in [1.807, 2.05) is 0 Å². The highest BCUT2D eigenvalue weighted by molar-refractivity contribution is 5.94. The first-order valence-corrected chi connectivity index (χ1v) is 9.35. The van der Waals surface area contributed by atoms with Crippen molar-refractivity contribution < 1.29 is 23.5 Å². The van der Waals surface area contributed by atoms with Crippen LogP contribution in [-0.2, 0) is 30.8 Å². The number of carbonyl (C=O) groups is 2. The van der Waals surface area contributed by atoms with Gasteiger partial charge in [-0.15, -0.1) is 5.10 Å². The van der Waals surface area contributed by atoms with E-state index in [4.69, 9.17) is 5.11 Å². The molecule has 154 valence electrons. The second-order valence-corrected chi connectivity index (χ2v) is 7.19. The number of benzene rings is 2. The lowest BCUT2D eigenvalue weighted by atomic mass is 10.1. The highest BCUT2D eigenvalue weighted by atomic mass is 19.2. The van der Waals surface area contributed by atoms with Gasteiger partial charge in [-0.2, -0.15) is 0 Å². The number of aryl methyl sites for hydroxylation is 1. The van der Waals surface area contributed by atoms with E-state index in [1.165, 1.54) is 0 Å². The van der Waals surface area contributed by atoms with Gasteiger partial charge in [-0.3, -0.25) is 9.59 Å². The van der Waals surface area contributed by atoms with Crippen LogP contribution in [0.2, 0.25) is 0 Å². The summed E-state index contributed by atoms with van der Waals surface area (Å²) in [5.74, 6) is -2.92. The predicted molar refractivity (Wildman–Crippen MR) is 101 cm³/mol. The lowest BCUT2D eigenvalue weighted by molar-refractivity contribution is -0.136. The third kappa shape index (κ3) is 4.19. The number of fused-ring (bicyclic) bond motifs is 1. The molecule has 3 aromatic rings. The summed E-state index contributed by atoms with van der Waals surface area (Å²) in [5.41, 5.74) is 3.21. The minimum absolute atomic E-state index is 0.00481. The minimum Gasteiger partial charge on any atom is -0.481 e. The summed E-state index contributed by atoms with van der Waals surface area (Å²) < 4.78 is 28.4. The molecule has 0 atom stereocenters. The van der Waals surface area contributed by atoms with Gasteiger partial charge in [0.1, 0.15) is 0 Å². The van der Waals surface area contributed by atoms with Crippen molar-refractivity contribution in [3.8, 4) is 0 Å². The van der Waals surface area contributed by atoms with Crippen LogP contribution < -0.4 is 0 Å². The van der Waals surface area contributed by atoms with Gasteiger partial charge >= 0.3 is 5.97 Å². The summed E-state index contributed by atoms with van der Waals surface area (Å²) in [6, 6.07) is 9.28. The first-order chi connectivity index (χ1) is 14.4. The SMILES string of the molecule is O=C(O)CCc1cn(Cc2ccc(C(=O)N3Cc4cc(F)c(F)cc4C3)cc2)nn1. The maximum absolute atomic E-state index is 13.4. The Hall–Kier alpha value is -3.62. The van der Waals surface area contributed by atoms with Crippen LogP contribution >= 0.6 is 0 Å². The van der Waals surface area contributed by atoms with Crippen LogP contribution in [0.25, 0.3) is 0 Å². The van der Waals surface area contributed by atoms with Crippen molar-refractivity contribution in [2.45, 2.75) is 32.5 Å². The monoisotopic (exact) mass is 412 g/mol. The average Bonchev–Trinajstić information content (AvgIpc) is 3.33. The Morgan fingerprint density at radius 3 is 2.27 bits per heavy atom. The number of amides is 1. The molecule has 1 aliphatic heterocycles. The molecule has 9 heteroatoms. The Labute approximate surface area is 170 Å². The largest absolute Gasteiger partial charge is 0.481 e. The zero-order valence-electron chi connectivity index (χ0n) is 15.9. The summed E-state index contributed by atoms with van der Waals surface area (Å²) >= 11 is 0. The first kappa shape index (κ1) is 19.7. The van der Waals surface area contributed by atoms with Gasteiger partial charge in [-0.25, -0.2) is 13.5 Å². The Morgan fingerprint density at radius 2 is 1.67 bits per heavy atom. The summed E-state index contributed by atoms with van der Waals surface area (Å²) in [7, 11) is 0.